The fourth-order valence-electron chi connectivity index (χ4n) is 4.94. The molecule has 0 bridgehead atoms. The zero-order chi connectivity index (χ0) is 17.2. The number of likely N-dealkylation sites (tertiary alicyclic amines) is 1. The number of benzene rings is 1. The highest BCUT2D eigenvalue weighted by Crippen LogP contribution is 2.35. The Bertz CT molecular complexity index is 612. The van der Waals surface area contributed by atoms with E-state index in [1.807, 2.05) is 0 Å². The first-order chi connectivity index (χ1) is 12.2. The molecule has 2 heterocycles. The summed E-state index contributed by atoms with van der Waals surface area (Å²) in [7, 11) is 0. The van der Waals surface area contributed by atoms with Crippen molar-refractivity contribution in [3.05, 3.63) is 35.4 Å². The molecule has 1 amide bonds. The monoisotopic (exact) mass is 342 g/mol. The van der Waals surface area contributed by atoms with Crippen molar-refractivity contribution in [2.45, 2.75) is 44.6 Å². The van der Waals surface area contributed by atoms with E-state index < -0.39 is 0 Å². The van der Waals surface area contributed by atoms with E-state index in [2.05, 4.69) is 41.0 Å². The molecule has 2 aliphatic heterocycles. The second-order valence-electron chi connectivity index (χ2n) is 7.98. The van der Waals surface area contributed by atoms with Crippen molar-refractivity contribution >= 4 is 5.91 Å². The summed E-state index contributed by atoms with van der Waals surface area (Å²) in [4.78, 5) is 17.6. The van der Waals surface area contributed by atoms with Crippen LogP contribution in [-0.4, -0.2) is 61.1 Å². The number of carbonyl (C=O) groups excluding carboxylic acids is 1. The van der Waals surface area contributed by atoms with Gasteiger partial charge in [-0.1, -0.05) is 31.2 Å². The van der Waals surface area contributed by atoms with Gasteiger partial charge in [-0.15, -0.1) is 0 Å². The summed E-state index contributed by atoms with van der Waals surface area (Å²) in [5, 5.41) is 0. The van der Waals surface area contributed by atoms with Gasteiger partial charge in [0.1, 0.15) is 0 Å². The molecule has 0 aromatic heterocycles. The van der Waals surface area contributed by atoms with Crippen molar-refractivity contribution in [2.75, 3.05) is 39.4 Å². The van der Waals surface area contributed by atoms with Crippen LogP contribution < -0.4 is 0 Å². The lowest BCUT2D eigenvalue weighted by atomic mass is 9.81. The maximum Gasteiger partial charge on any atom is 0.223 e. The molecule has 0 saturated carbocycles. The molecule has 3 aliphatic rings. The van der Waals surface area contributed by atoms with Crippen molar-refractivity contribution in [1.29, 1.82) is 0 Å². The minimum atomic E-state index is 0.351. The Morgan fingerprint density at radius 2 is 2.00 bits per heavy atom. The van der Waals surface area contributed by atoms with Crippen molar-refractivity contribution in [1.82, 2.24) is 9.80 Å². The molecule has 0 N–H and O–H groups in total. The molecule has 0 spiro atoms. The van der Waals surface area contributed by atoms with Crippen LogP contribution in [0.3, 0.4) is 0 Å². The number of hydrogen-bond acceptors (Lipinski definition) is 3. The van der Waals surface area contributed by atoms with Gasteiger partial charge in [0.15, 0.2) is 0 Å². The van der Waals surface area contributed by atoms with Gasteiger partial charge in [0.05, 0.1) is 13.2 Å². The normalized spacial score (nSPS) is 30.3. The van der Waals surface area contributed by atoms with E-state index in [1.54, 1.807) is 0 Å². The van der Waals surface area contributed by atoms with E-state index >= 15 is 0 Å². The van der Waals surface area contributed by atoms with Gasteiger partial charge in [-0.25, -0.2) is 0 Å². The maximum atomic E-state index is 13.0. The Labute approximate surface area is 151 Å². The maximum absolute atomic E-state index is 13.0. The van der Waals surface area contributed by atoms with Crippen molar-refractivity contribution in [3.8, 4) is 0 Å². The van der Waals surface area contributed by atoms with Gasteiger partial charge < -0.3 is 9.64 Å². The fourth-order valence-corrected chi connectivity index (χ4v) is 4.94. The predicted molar refractivity (Wildman–Crippen MR) is 98.7 cm³/mol. The number of aryl methyl sites for hydroxylation is 1. The van der Waals surface area contributed by atoms with Gasteiger partial charge >= 0.3 is 0 Å². The van der Waals surface area contributed by atoms with Crippen LogP contribution in [0.1, 0.15) is 43.2 Å². The molecular formula is C21H30N2O2. The topological polar surface area (TPSA) is 32.8 Å². The third kappa shape index (κ3) is 3.61. The molecule has 4 heteroatoms. The van der Waals surface area contributed by atoms with Crippen LogP contribution in [0, 0.1) is 5.92 Å². The first kappa shape index (κ1) is 17.0. The second-order valence-corrected chi connectivity index (χ2v) is 7.98. The number of fused-ring (bicyclic) bond motifs is 1. The molecule has 0 unspecified atom stereocenters. The molecule has 0 radical (unpaired) electrons. The van der Waals surface area contributed by atoms with Crippen molar-refractivity contribution in [2.24, 2.45) is 5.92 Å². The van der Waals surface area contributed by atoms with E-state index in [9.17, 15) is 4.79 Å². The van der Waals surface area contributed by atoms with Crippen LogP contribution in [0.4, 0.5) is 0 Å². The Kier molecular flexibility index (Phi) is 5.09. The molecular weight excluding hydrogens is 312 g/mol. The molecule has 3 atom stereocenters. The number of hydrogen-bond donors (Lipinski definition) is 0. The minimum Gasteiger partial charge on any atom is -0.379 e. The van der Waals surface area contributed by atoms with E-state index in [4.69, 9.17) is 4.74 Å². The fraction of sp³-hybridized carbons (Fsp3) is 0.667. The second kappa shape index (κ2) is 7.46. The third-order valence-corrected chi connectivity index (χ3v) is 6.35. The molecule has 2 saturated heterocycles. The smallest absolute Gasteiger partial charge is 0.223 e. The Hall–Kier alpha value is -1.39. The molecule has 2 fully saturated rings. The summed E-state index contributed by atoms with van der Waals surface area (Å²) in [6.07, 6.45) is 4.21. The van der Waals surface area contributed by atoms with E-state index in [-0.39, 0.29) is 0 Å². The van der Waals surface area contributed by atoms with Crippen LogP contribution >= 0.6 is 0 Å². The van der Waals surface area contributed by atoms with Crippen molar-refractivity contribution < 1.29 is 9.53 Å². The summed E-state index contributed by atoms with van der Waals surface area (Å²) in [6, 6.07) is 9.21. The average Bonchev–Trinajstić information content (AvgIpc) is 3.05. The largest absolute Gasteiger partial charge is 0.379 e. The van der Waals surface area contributed by atoms with E-state index in [1.165, 1.54) is 24.0 Å². The third-order valence-electron chi connectivity index (χ3n) is 6.35. The number of nitrogens with zero attached hydrogens (tertiary/aromatic N) is 2. The molecule has 25 heavy (non-hydrogen) atoms. The summed E-state index contributed by atoms with van der Waals surface area (Å²) in [5.74, 6) is 1.32. The quantitative estimate of drug-likeness (QED) is 0.847. The summed E-state index contributed by atoms with van der Waals surface area (Å²) >= 11 is 0. The standard InChI is InChI=1S/C21H30N2O2/c1-16-14-23(15-20(16)22-9-11-25-12-10-22)21(24)13-18-7-4-6-17-5-2-3-8-19(17)18/h2-3,5,8,16,18,20H,4,6-7,9-15H2,1H3/t16-,18+,20+/m1/s1. The van der Waals surface area contributed by atoms with E-state index in [0.29, 0.717) is 30.2 Å². The molecule has 1 aliphatic carbocycles. The van der Waals surface area contributed by atoms with Crippen LogP contribution in [0.15, 0.2) is 24.3 Å². The lowest BCUT2D eigenvalue weighted by Crippen LogP contribution is -2.47. The molecule has 1 aromatic rings. The van der Waals surface area contributed by atoms with Crippen LogP contribution in [-0.2, 0) is 16.0 Å². The average molecular weight is 342 g/mol. The number of amides is 1. The summed E-state index contributed by atoms with van der Waals surface area (Å²) in [5.41, 5.74) is 2.87. The molecule has 1 aromatic carbocycles. The van der Waals surface area contributed by atoms with Gasteiger partial charge in [0.2, 0.25) is 5.91 Å². The molecule has 4 rings (SSSR count). The predicted octanol–water partition coefficient (Wildman–Crippen LogP) is 2.68. The van der Waals surface area contributed by atoms with Gasteiger partial charge in [-0.3, -0.25) is 9.69 Å². The number of morpholine rings is 1. The first-order valence-corrected chi connectivity index (χ1v) is 9.90. The van der Waals surface area contributed by atoms with Gasteiger partial charge in [-0.2, -0.15) is 0 Å². The zero-order valence-electron chi connectivity index (χ0n) is 15.3. The number of rotatable bonds is 3. The Morgan fingerprint density at radius 1 is 1.20 bits per heavy atom. The number of ether oxygens (including phenoxy) is 1. The van der Waals surface area contributed by atoms with Crippen LogP contribution in [0.25, 0.3) is 0 Å². The molecule has 4 nitrogen and oxygen atoms in total. The number of carbonyl (C=O) groups is 1. The van der Waals surface area contributed by atoms with Gasteiger partial charge in [0, 0.05) is 38.6 Å². The van der Waals surface area contributed by atoms with Crippen molar-refractivity contribution in [3.63, 3.8) is 0 Å². The highest BCUT2D eigenvalue weighted by atomic mass is 16.5. The van der Waals surface area contributed by atoms with E-state index in [0.717, 1.165) is 45.8 Å². The SMILES string of the molecule is C[C@@H]1CN(C(=O)C[C@@H]2CCCc3ccccc32)C[C@@H]1N1CCOCC1. The summed E-state index contributed by atoms with van der Waals surface area (Å²) < 4.78 is 5.48. The minimum absolute atomic E-state index is 0.351. The van der Waals surface area contributed by atoms with Crippen LogP contribution in [0.5, 0.6) is 0 Å². The Morgan fingerprint density at radius 3 is 2.84 bits per heavy atom. The first-order valence-electron chi connectivity index (χ1n) is 9.90. The summed E-state index contributed by atoms with van der Waals surface area (Å²) in [6.45, 7) is 7.78. The zero-order valence-corrected chi connectivity index (χ0v) is 15.3. The van der Waals surface area contributed by atoms with Crippen LogP contribution in [0.2, 0.25) is 0 Å². The van der Waals surface area contributed by atoms with Gasteiger partial charge in [-0.05, 0) is 42.2 Å². The van der Waals surface area contributed by atoms with Gasteiger partial charge in [0.25, 0.3) is 0 Å². The molecule has 136 valence electrons. The lowest BCUT2D eigenvalue weighted by molar-refractivity contribution is -0.131. The lowest BCUT2D eigenvalue weighted by Gasteiger charge is -2.34. The highest BCUT2D eigenvalue weighted by Gasteiger charge is 2.37. The Balaban J connectivity index is 1.39. The highest BCUT2D eigenvalue weighted by molar-refractivity contribution is 5.77.